The van der Waals surface area contributed by atoms with E-state index in [0.717, 1.165) is 24.8 Å². The van der Waals surface area contributed by atoms with Crippen LogP contribution in [0.4, 0.5) is 0 Å². The molecule has 0 amide bonds. The third kappa shape index (κ3) is 6.33. The highest BCUT2D eigenvalue weighted by Crippen LogP contribution is 2.19. The normalized spacial score (nSPS) is 10.6. The zero-order valence-corrected chi connectivity index (χ0v) is 16.3. The minimum atomic E-state index is -0.227. The molecule has 142 valence electrons. The van der Waals surface area contributed by atoms with Crippen LogP contribution in [-0.2, 0) is 17.8 Å². The maximum absolute atomic E-state index is 12.7. The van der Waals surface area contributed by atoms with E-state index < -0.39 is 0 Å². The van der Waals surface area contributed by atoms with Crippen molar-refractivity contribution in [3.8, 4) is 17.3 Å². The summed E-state index contributed by atoms with van der Waals surface area (Å²) in [6.45, 7) is 2.13. The minimum absolute atomic E-state index is 0.0135. The number of ketones is 1. The van der Waals surface area contributed by atoms with Crippen LogP contribution in [0.5, 0.6) is 0 Å². The maximum Gasteiger partial charge on any atom is 0.254 e. The van der Waals surface area contributed by atoms with Crippen LogP contribution in [-0.4, -0.2) is 15.3 Å². The van der Waals surface area contributed by atoms with E-state index in [1.54, 1.807) is 12.1 Å². The van der Waals surface area contributed by atoms with Gasteiger partial charge in [-0.25, -0.2) is 4.98 Å². The van der Waals surface area contributed by atoms with Gasteiger partial charge in [-0.15, -0.1) is 0 Å². The topological polar surface area (TPSA) is 75.8 Å². The first-order chi connectivity index (χ1) is 13.0. The summed E-state index contributed by atoms with van der Waals surface area (Å²) in [5.41, 5.74) is 1.19. The summed E-state index contributed by atoms with van der Waals surface area (Å²) < 4.78 is 1.48. The lowest BCUT2D eigenvalue weighted by atomic mass is 10.1. The number of aromatic nitrogens is 2. The Morgan fingerprint density at radius 2 is 1.96 bits per heavy atom. The van der Waals surface area contributed by atoms with Crippen molar-refractivity contribution in [2.75, 3.05) is 0 Å². The van der Waals surface area contributed by atoms with Crippen LogP contribution in [0.25, 0.3) is 11.3 Å². The number of halogens is 1. The molecule has 0 aliphatic carbocycles. The number of nitriles is 1. The fourth-order valence-electron chi connectivity index (χ4n) is 2.84. The minimum Gasteiger partial charge on any atom is -0.298 e. The Balaban J connectivity index is 2.31. The summed E-state index contributed by atoms with van der Waals surface area (Å²) in [7, 11) is 0. The van der Waals surface area contributed by atoms with E-state index in [0.29, 0.717) is 42.2 Å². The third-order valence-corrected chi connectivity index (χ3v) is 4.56. The zero-order chi connectivity index (χ0) is 19.6. The predicted octanol–water partition coefficient (Wildman–Crippen LogP) is 4.56. The fraction of sp³-hybridized carbons (Fsp3) is 0.429. The Labute approximate surface area is 164 Å². The van der Waals surface area contributed by atoms with Gasteiger partial charge in [0.25, 0.3) is 5.56 Å². The van der Waals surface area contributed by atoms with Gasteiger partial charge in [0.15, 0.2) is 5.78 Å². The average Bonchev–Trinajstić information content (AvgIpc) is 2.65. The molecule has 2 aromatic rings. The van der Waals surface area contributed by atoms with Gasteiger partial charge in [0.2, 0.25) is 0 Å². The molecular formula is C21H24ClN3O2. The van der Waals surface area contributed by atoms with Crippen molar-refractivity contribution < 1.29 is 4.79 Å². The number of carbonyl (C=O) groups is 1. The van der Waals surface area contributed by atoms with Crippen molar-refractivity contribution in [1.82, 2.24) is 9.55 Å². The molecule has 0 spiro atoms. The zero-order valence-electron chi connectivity index (χ0n) is 15.6. The summed E-state index contributed by atoms with van der Waals surface area (Å²) in [6.07, 6.45) is 4.83. The number of hydrogen-bond acceptors (Lipinski definition) is 4. The number of Topliss-reactive ketones (excluding diaryl/α,β-unsaturated/α-hetero) is 1. The number of carbonyl (C=O) groups excluding carboxylic acids is 1. The largest absolute Gasteiger partial charge is 0.298 e. The maximum atomic E-state index is 12.7. The van der Waals surface area contributed by atoms with Crippen LogP contribution in [0.1, 0.15) is 51.3 Å². The Kier molecular flexibility index (Phi) is 8.22. The lowest BCUT2D eigenvalue weighted by Crippen LogP contribution is -2.28. The lowest BCUT2D eigenvalue weighted by Gasteiger charge is -2.13. The van der Waals surface area contributed by atoms with Crippen molar-refractivity contribution in [1.29, 1.82) is 5.26 Å². The van der Waals surface area contributed by atoms with Crippen LogP contribution < -0.4 is 5.56 Å². The number of aryl methyl sites for hydroxylation is 1. The number of nitrogens with zero attached hydrogens (tertiary/aromatic N) is 3. The Hall–Kier alpha value is -2.45. The lowest BCUT2D eigenvalue weighted by molar-refractivity contribution is -0.119. The summed E-state index contributed by atoms with van der Waals surface area (Å²) in [5.74, 6) is 0.583. The Bertz CT molecular complexity index is 866. The van der Waals surface area contributed by atoms with E-state index in [9.17, 15) is 9.59 Å². The quantitative estimate of drug-likeness (QED) is 0.562. The standard InChI is InChI=1S/C21H24ClN3O2/c1-2-3-4-8-20-24-19(16-9-11-17(22)12-10-16)14-21(27)25(20)15-18(26)7-5-6-13-23/h9-12,14H,2-8,15H2,1H3. The first kappa shape index (κ1) is 20.9. The molecule has 27 heavy (non-hydrogen) atoms. The monoisotopic (exact) mass is 385 g/mol. The second-order valence-electron chi connectivity index (χ2n) is 6.50. The first-order valence-corrected chi connectivity index (χ1v) is 9.68. The summed E-state index contributed by atoms with van der Waals surface area (Å²) in [6, 6.07) is 10.7. The Morgan fingerprint density at radius 3 is 2.63 bits per heavy atom. The van der Waals surface area contributed by atoms with E-state index >= 15 is 0 Å². The average molecular weight is 386 g/mol. The van der Waals surface area contributed by atoms with Gasteiger partial charge in [-0.1, -0.05) is 43.5 Å². The van der Waals surface area contributed by atoms with Crippen LogP contribution in [0, 0.1) is 11.3 Å². The molecule has 1 aromatic heterocycles. The Morgan fingerprint density at radius 1 is 1.22 bits per heavy atom. The van der Waals surface area contributed by atoms with Gasteiger partial charge in [-0.3, -0.25) is 14.2 Å². The van der Waals surface area contributed by atoms with Gasteiger partial charge in [-0.2, -0.15) is 5.26 Å². The van der Waals surface area contributed by atoms with Gasteiger partial charge in [0.05, 0.1) is 18.3 Å². The van der Waals surface area contributed by atoms with Gasteiger partial charge >= 0.3 is 0 Å². The highest BCUT2D eigenvalue weighted by molar-refractivity contribution is 6.30. The second kappa shape index (κ2) is 10.6. The molecule has 0 N–H and O–H groups in total. The SMILES string of the molecule is CCCCCc1nc(-c2ccc(Cl)cc2)cc(=O)n1CC(=O)CCCC#N. The molecular weight excluding hydrogens is 362 g/mol. The van der Waals surface area contributed by atoms with Crippen molar-refractivity contribution in [3.63, 3.8) is 0 Å². The molecule has 1 aromatic carbocycles. The summed E-state index contributed by atoms with van der Waals surface area (Å²) in [5, 5.41) is 9.22. The van der Waals surface area contributed by atoms with Gasteiger partial charge < -0.3 is 0 Å². The van der Waals surface area contributed by atoms with Crippen molar-refractivity contribution in [3.05, 3.63) is 51.5 Å². The van der Waals surface area contributed by atoms with Crippen molar-refractivity contribution in [2.45, 2.75) is 58.4 Å². The van der Waals surface area contributed by atoms with Crippen LogP contribution >= 0.6 is 11.6 Å². The van der Waals surface area contributed by atoms with Crippen LogP contribution in [0.15, 0.2) is 35.1 Å². The van der Waals surface area contributed by atoms with E-state index in [-0.39, 0.29) is 17.9 Å². The second-order valence-corrected chi connectivity index (χ2v) is 6.93. The molecule has 0 aliphatic heterocycles. The molecule has 0 aliphatic rings. The molecule has 0 saturated heterocycles. The van der Waals surface area contributed by atoms with Crippen molar-refractivity contribution >= 4 is 17.4 Å². The number of rotatable bonds is 10. The number of hydrogen-bond donors (Lipinski definition) is 0. The van der Waals surface area contributed by atoms with Crippen molar-refractivity contribution in [2.24, 2.45) is 0 Å². The molecule has 5 nitrogen and oxygen atoms in total. The molecule has 0 unspecified atom stereocenters. The molecule has 1 heterocycles. The number of unbranched alkanes of at least 4 members (excludes halogenated alkanes) is 3. The van der Waals surface area contributed by atoms with E-state index in [4.69, 9.17) is 16.9 Å². The van der Waals surface area contributed by atoms with E-state index in [1.165, 1.54) is 10.6 Å². The molecule has 0 fully saturated rings. The highest BCUT2D eigenvalue weighted by Gasteiger charge is 2.13. The molecule has 0 saturated carbocycles. The number of benzene rings is 1. The summed E-state index contributed by atoms with van der Waals surface area (Å²) in [4.78, 5) is 29.6. The summed E-state index contributed by atoms with van der Waals surface area (Å²) >= 11 is 5.94. The fourth-order valence-corrected chi connectivity index (χ4v) is 2.96. The molecule has 0 bridgehead atoms. The molecule has 0 radical (unpaired) electrons. The van der Waals surface area contributed by atoms with Crippen LogP contribution in [0.2, 0.25) is 5.02 Å². The third-order valence-electron chi connectivity index (χ3n) is 4.31. The van der Waals surface area contributed by atoms with Gasteiger partial charge in [0, 0.05) is 35.9 Å². The van der Waals surface area contributed by atoms with Gasteiger partial charge in [0.1, 0.15) is 5.82 Å². The first-order valence-electron chi connectivity index (χ1n) is 9.30. The smallest absolute Gasteiger partial charge is 0.254 e. The van der Waals surface area contributed by atoms with Gasteiger partial charge in [-0.05, 0) is 25.0 Å². The van der Waals surface area contributed by atoms with E-state index in [2.05, 4.69) is 11.9 Å². The van der Waals surface area contributed by atoms with E-state index in [1.807, 2.05) is 18.2 Å². The highest BCUT2D eigenvalue weighted by atomic mass is 35.5. The predicted molar refractivity (Wildman–Crippen MR) is 107 cm³/mol. The molecule has 6 heteroatoms. The van der Waals surface area contributed by atoms with Crippen LogP contribution in [0.3, 0.4) is 0 Å². The molecule has 2 rings (SSSR count). The molecule has 0 atom stereocenters.